The van der Waals surface area contributed by atoms with Crippen molar-refractivity contribution < 1.29 is 12.8 Å². The fraction of sp³-hybridized carbons (Fsp3) is 0.333. The minimum Gasteiger partial charge on any atom is -0.370 e. The van der Waals surface area contributed by atoms with Crippen molar-refractivity contribution in [1.82, 2.24) is 19.9 Å². The molecule has 2 aromatic heterocycles. The van der Waals surface area contributed by atoms with Crippen LogP contribution in [0.4, 0.5) is 10.2 Å². The predicted octanol–water partition coefficient (Wildman–Crippen LogP) is 2.09. The van der Waals surface area contributed by atoms with Gasteiger partial charge in [0.1, 0.15) is 5.82 Å². The van der Waals surface area contributed by atoms with Crippen LogP contribution in [0, 0.1) is 12.7 Å². The molecule has 3 heterocycles. The number of rotatable bonds is 3. The van der Waals surface area contributed by atoms with Crippen LogP contribution in [-0.4, -0.2) is 36.1 Å². The van der Waals surface area contributed by atoms with E-state index in [1.54, 1.807) is 11.6 Å². The maximum Gasteiger partial charge on any atom is 0.214 e. The van der Waals surface area contributed by atoms with Crippen LogP contribution in [0.3, 0.4) is 0 Å². The standard InChI is InChI=1S/C18H20FN5O2S/c1-10-7-14-11(2)22-18-16(17(20-3)23-24(18)15(14)9-21-10)27(25,26)13-6-4-5-12(19)8-13/h4-6,8,10,21H,7,9H2,1-3H3,(H,20,23). The molecule has 7 nitrogen and oxygen atoms in total. The van der Waals surface area contributed by atoms with E-state index >= 15 is 0 Å². The van der Waals surface area contributed by atoms with Crippen molar-refractivity contribution >= 4 is 21.3 Å². The maximum atomic E-state index is 13.6. The van der Waals surface area contributed by atoms with Crippen molar-refractivity contribution in [3.05, 3.63) is 47.0 Å². The third-order valence-electron chi connectivity index (χ3n) is 4.87. The first-order valence-corrected chi connectivity index (χ1v) is 10.1. The molecule has 1 aliphatic rings. The van der Waals surface area contributed by atoms with Crippen molar-refractivity contribution in [2.24, 2.45) is 0 Å². The Morgan fingerprint density at radius 2 is 2.15 bits per heavy atom. The molecule has 0 bridgehead atoms. The summed E-state index contributed by atoms with van der Waals surface area (Å²) in [5.41, 5.74) is 3.00. The molecule has 0 amide bonds. The Hall–Kier alpha value is -2.52. The van der Waals surface area contributed by atoms with Crippen LogP contribution in [0.25, 0.3) is 5.65 Å². The lowest BCUT2D eigenvalue weighted by Crippen LogP contribution is -2.35. The van der Waals surface area contributed by atoms with Crippen LogP contribution in [0.15, 0.2) is 34.1 Å². The summed E-state index contributed by atoms with van der Waals surface area (Å²) < 4.78 is 41.7. The van der Waals surface area contributed by atoms with Gasteiger partial charge in [0.2, 0.25) is 9.84 Å². The summed E-state index contributed by atoms with van der Waals surface area (Å²) in [4.78, 5) is 4.40. The minimum absolute atomic E-state index is 0.0416. The van der Waals surface area contributed by atoms with E-state index in [0.717, 1.165) is 29.4 Å². The Labute approximate surface area is 156 Å². The highest BCUT2D eigenvalue weighted by molar-refractivity contribution is 7.91. The van der Waals surface area contributed by atoms with Gasteiger partial charge in [-0.2, -0.15) is 0 Å². The number of fused-ring (bicyclic) bond motifs is 3. The molecule has 1 aromatic carbocycles. The van der Waals surface area contributed by atoms with E-state index in [-0.39, 0.29) is 21.3 Å². The van der Waals surface area contributed by atoms with Gasteiger partial charge < -0.3 is 10.6 Å². The number of anilines is 1. The molecule has 9 heteroatoms. The van der Waals surface area contributed by atoms with Crippen LogP contribution < -0.4 is 10.6 Å². The first-order valence-electron chi connectivity index (χ1n) is 8.65. The third kappa shape index (κ3) is 2.78. The minimum atomic E-state index is -4.01. The van der Waals surface area contributed by atoms with Gasteiger partial charge in [0, 0.05) is 25.3 Å². The van der Waals surface area contributed by atoms with Crippen molar-refractivity contribution in [3.63, 3.8) is 0 Å². The topological polar surface area (TPSA) is 88.4 Å². The Kier molecular flexibility index (Phi) is 4.15. The van der Waals surface area contributed by atoms with Gasteiger partial charge in [-0.1, -0.05) is 6.07 Å². The lowest BCUT2D eigenvalue weighted by Gasteiger charge is -2.24. The molecule has 1 aliphatic heterocycles. The van der Waals surface area contributed by atoms with E-state index in [2.05, 4.69) is 27.6 Å². The number of halogens is 1. The molecule has 0 radical (unpaired) electrons. The zero-order valence-corrected chi connectivity index (χ0v) is 16.1. The van der Waals surface area contributed by atoms with E-state index in [9.17, 15) is 12.8 Å². The van der Waals surface area contributed by atoms with Gasteiger partial charge in [0.15, 0.2) is 16.4 Å². The van der Waals surface area contributed by atoms with Crippen LogP contribution in [-0.2, 0) is 22.8 Å². The number of nitrogens with zero attached hydrogens (tertiary/aromatic N) is 3. The average Bonchev–Trinajstić information content (AvgIpc) is 3.01. The Balaban J connectivity index is 2.03. The second kappa shape index (κ2) is 6.28. The third-order valence-corrected chi connectivity index (χ3v) is 6.66. The normalized spacial score (nSPS) is 17.1. The van der Waals surface area contributed by atoms with Crippen LogP contribution in [0.5, 0.6) is 0 Å². The molecule has 0 fully saturated rings. The summed E-state index contributed by atoms with van der Waals surface area (Å²) >= 11 is 0. The highest BCUT2D eigenvalue weighted by Crippen LogP contribution is 2.33. The number of aryl methyl sites for hydroxylation is 1. The van der Waals surface area contributed by atoms with Crippen molar-refractivity contribution in [2.45, 2.75) is 42.6 Å². The van der Waals surface area contributed by atoms with Crippen molar-refractivity contribution in [3.8, 4) is 0 Å². The molecule has 0 saturated carbocycles. The molecule has 3 aromatic rings. The quantitative estimate of drug-likeness (QED) is 0.713. The molecular weight excluding hydrogens is 369 g/mol. The molecule has 0 aliphatic carbocycles. The van der Waals surface area contributed by atoms with Gasteiger partial charge in [-0.25, -0.2) is 22.3 Å². The lowest BCUT2D eigenvalue weighted by atomic mass is 9.99. The van der Waals surface area contributed by atoms with E-state index < -0.39 is 15.7 Å². The first-order chi connectivity index (χ1) is 12.8. The molecule has 2 N–H and O–H groups in total. The highest BCUT2D eigenvalue weighted by Gasteiger charge is 2.31. The highest BCUT2D eigenvalue weighted by atomic mass is 32.2. The monoisotopic (exact) mass is 389 g/mol. The smallest absolute Gasteiger partial charge is 0.214 e. The van der Waals surface area contributed by atoms with Gasteiger partial charge in [0.05, 0.1) is 10.6 Å². The van der Waals surface area contributed by atoms with Crippen molar-refractivity contribution in [2.75, 3.05) is 12.4 Å². The molecule has 0 spiro atoms. The number of benzene rings is 1. The van der Waals surface area contributed by atoms with Crippen LogP contribution >= 0.6 is 0 Å². The summed E-state index contributed by atoms with van der Waals surface area (Å²) in [6.07, 6.45) is 0.796. The Morgan fingerprint density at radius 3 is 2.85 bits per heavy atom. The largest absolute Gasteiger partial charge is 0.370 e. The first kappa shape index (κ1) is 17.9. The summed E-state index contributed by atoms with van der Waals surface area (Å²) in [6.45, 7) is 4.54. The van der Waals surface area contributed by atoms with Crippen LogP contribution in [0.1, 0.15) is 23.9 Å². The summed E-state index contributed by atoms with van der Waals surface area (Å²) in [5.74, 6) is -0.420. The van der Waals surface area contributed by atoms with Crippen LogP contribution in [0.2, 0.25) is 0 Å². The van der Waals surface area contributed by atoms with E-state index in [1.165, 1.54) is 18.2 Å². The van der Waals surface area contributed by atoms with Gasteiger partial charge in [0.25, 0.3) is 0 Å². The second-order valence-electron chi connectivity index (χ2n) is 6.73. The van der Waals surface area contributed by atoms with Crippen molar-refractivity contribution in [1.29, 1.82) is 0 Å². The molecule has 27 heavy (non-hydrogen) atoms. The predicted molar refractivity (Wildman–Crippen MR) is 99.1 cm³/mol. The molecule has 1 atom stereocenters. The fourth-order valence-electron chi connectivity index (χ4n) is 3.50. The number of sulfone groups is 1. The Morgan fingerprint density at radius 1 is 1.37 bits per heavy atom. The van der Waals surface area contributed by atoms with Gasteiger partial charge in [-0.3, -0.25) is 0 Å². The fourth-order valence-corrected chi connectivity index (χ4v) is 5.03. The SMILES string of the molecule is CNc1nn2c3c(c(C)nc2c1S(=O)(=O)c1cccc(F)c1)CC(C)NC3. The number of nitrogens with one attached hydrogen (secondary N) is 2. The molecule has 1 unspecified atom stereocenters. The summed E-state index contributed by atoms with van der Waals surface area (Å²) in [6, 6.07) is 5.27. The second-order valence-corrected chi connectivity index (χ2v) is 8.62. The summed E-state index contributed by atoms with van der Waals surface area (Å²) in [7, 11) is -2.41. The number of hydrogen-bond donors (Lipinski definition) is 2. The van der Waals surface area contributed by atoms with Gasteiger partial charge in [-0.15, -0.1) is 5.10 Å². The van der Waals surface area contributed by atoms with Gasteiger partial charge >= 0.3 is 0 Å². The van der Waals surface area contributed by atoms with E-state index in [1.807, 2.05) is 6.92 Å². The average molecular weight is 389 g/mol. The number of aromatic nitrogens is 3. The van der Waals surface area contributed by atoms with E-state index in [0.29, 0.717) is 12.6 Å². The molecule has 4 rings (SSSR count). The van der Waals surface area contributed by atoms with Gasteiger partial charge in [-0.05, 0) is 44.0 Å². The number of hydrogen-bond acceptors (Lipinski definition) is 6. The maximum absolute atomic E-state index is 13.6. The Bertz CT molecular complexity index is 1160. The van der Waals surface area contributed by atoms with E-state index in [4.69, 9.17) is 0 Å². The lowest BCUT2D eigenvalue weighted by molar-refractivity contribution is 0.492. The molecular formula is C18H20FN5O2S. The summed E-state index contributed by atoms with van der Waals surface area (Å²) in [5, 5.41) is 10.7. The molecule has 142 valence electrons. The molecule has 0 saturated heterocycles. The zero-order chi connectivity index (χ0) is 19.3. The zero-order valence-electron chi connectivity index (χ0n) is 15.2.